The van der Waals surface area contributed by atoms with Gasteiger partial charge in [0.05, 0.1) is 12.6 Å². The number of fused-ring (bicyclic) bond motifs is 1. The van der Waals surface area contributed by atoms with Crippen LogP contribution in [0, 0.1) is 5.82 Å². The Morgan fingerprint density at radius 3 is 2.95 bits per heavy atom. The lowest BCUT2D eigenvalue weighted by Gasteiger charge is -2.20. The van der Waals surface area contributed by atoms with E-state index in [1.165, 1.54) is 17.0 Å². The van der Waals surface area contributed by atoms with Crippen LogP contribution in [0.2, 0.25) is 0 Å². The number of rotatable bonds is 5. The lowest BCUT2D eigenvalue weighted by molar-refractivity contribution is -0.132. The molecular weight excluding hydrogens is 271 g/mol. The van der Waals surface area contributed by atoms with E-state index in [1.54, 1.807) is 13.0 Å². The van der Waals surface area contributed by atoms with Crippen LogP contribution in [0.4, 0.5) is 4.39 Å². The zero-order valence-electron chi connectivity index (χ0n) is 12.1. The zero-order valence-corrected chi connectivity index (χ0v) is 12.1. The van der Waals surface area contributed by atoms with Gasteiger partial charge in [-0.05, 0) is 43.0 Å². The fraction of sp³-hybridized carbons (Fsp3) is 0.375. The molecule has 0 saturated heterocycles. The molecule has 1 atom stereocenters. The summed E-state index contributed by atoms with van der Waals surface area (Å²) < 4.78 is 13.6. The highest BCUT2D eigenvalue weighted by molar-refractivity contribution is 5.91. The first-order valence-corrected chi connectivity index (χ1v) is 7.04. The quantitative estimate of drug-likeness (QED) is 0.843. The van der Waals surface area contributed by atoms with Gasteiger partial charge in [0.25, 0.3) is 0 Å². The molecule has 1 N–H and O–H groups in total. The smallest absolute Gasteiger partial charge is 0.246 e. The Morgan fingerprint density at radius 1 is 1.52 bits per heavy atom. The van der Waals surface area contributed by atoms with Gasteiger partial charge in [-0.25, -0.2) is 4.39 Å². The van der Waals surface area contributed by atoms with Gasteiger partial charge in [0.2, 0.25) is 11.8 Å². The number of nitrogens with one attached hydrogen (secondary N) is 1. The number of carbonyl (C=O) groups is 2. The minimum absolute atomic E-state index is 0.0114. The molecule has 2 rings (SSSR count). The molecule has 5 heteroatoms. The van der Waals surface area contributed by atoms with Crippen LogP contribution in [0.5, 0.6) is 0 Å². The van der Waals surface area contributed by atoms with Crippen LogP contribution in [0.25, 0.3) is 0 Å². The van der Waals surface area contributed by atoms with Crippen LogP contribution < -0.4 is 5.32 Å². The Bertz CT molecular complexity index is 571. The highest BCUT2D eigenvalue weighted by Gasteiger charge is 2.26. The first-order chi connectivity index (χ1) is 10.1. The zero-order chi connectivity index (χ0) is 15.4. The van der Waals surface area contributed by atoms with Gasteiger partial charge in [-0.2, -0.15) is 0 Å². The summed E-state index contributed by atoms with van der Waals surface area (Å²) in [7, 11) is 0. The van der Waals surface area contributed by atoms with Gasteiger partial charge in [-0.1, -0.05) is 18.7 Å². The second-order valence-electron chi connectivity index (χ2n) is 5.02. The van der Waals surface area contributed by atoms with E-state index in [-0.39, 0.29) is 30.2 Å². The minimum atomic E-state index is -0.273. The first-order valence-electron chi connectivity index (χ1n) is 7.04. The monoisotopic (exact) mass is 290 g/mol. The number of halogens is 1. The van der Waals surface area contributed by atoms with Crippen LogP contribution in [-0.2, 0) is 16.0 Å². The van der Waals surface area contributed by atoms with Crippen LogP contribution >= 0.6 is 0 Å². The summed E-state index contributed by atoms with van der Waals surface area (Å²) in [5, 5.41) is 2.87. The van der Waals surface area contributed by atoms with E-state index in [0.717, 1.165) is 5.56 Å². The van der Waals surface area contributed by atoms with E-state index in [2.05, 4.69) is 11.9 Å². The maximum Gasteiger partial charge on any atom is 0.246 e. The van der Waals surface area contributed by atoms with Crippen molar-refractivity contribution in [2.75, 3.05) is 13.1 Å². The lowest BCUT2D eigenvalue weighted by Crippen LogP contribution is -2.40. The summed E-state index contributed by atoms with van der Waals surface area (Å²) in [5.41, 5.74) is 1.51. The van der Waals surface area contributed by atoms with Crippen LogP contribution in [-0.4, -0.2) is 29.8 Å². The summed E-state index contributed by atoms with van der Waals surface area (Å²) >= 11 is 0. The van der Waals surface area contributed by atoms with Crippen molar-refractivity contribution in [1.29, 1.82) is 0 Å². The topological polar surface area (TPSA) is 49.4 Å². The maximum absolute atomic E-state index is 13.6. The first kappa shape index (κ1) is 15.2. The van der Waals surface area contributed by atoms with E-state index >= 15 is 0 Å². The van der Waals surface area contributed by atoms with Crippen molar-refractivity contribution in [2.45, 2.75) is 25.8 Å². The standard InChI is InChI=1S/C16H19FN2O2/c1-3-16(21)19(4-2)10-15(20)18-14-9-8-11-12(14)6-5-7-13(11)17/h3,5-7,14H,1,4,8-10H2,2H3,(H,18,20). The third-order valence-corrected chi connectivity index (χ3v) is 3.75. The van der Waals surface area contributed by atoms with Gasteiger partial charge in [-0.3, -0.25) is 9.59 Å². The summed E-state index contributed by atoms with van der Waals surface area (Å²) in [6.45, 7) is 5.64. The fourth-order valence-corrected chi connectivity index (χ4v) is 2.65. The van der Waals surface area contributed by atoms with Gasteiger partial charge in [-0.15, -0.1) is 0 Å². The summed E-state index contributed by atoms with van der Waals surface area (Å²) in [5.74, 6) is -0.735. The normalized spacial score (nSPS) is 16.2. The third kappa shape index (κ3) is 3.29. The van der Waals surface area contributed by atoms with Gasteiger partial charge < -0.3 is 10.2 Å². The molecule has 1 aromatic carbocycles. The number of nitrogens with zero attached hydrogens (tertiary/aromatic N) is 1. The molecule has 112 valence electrons. The molecule has 0 spiro atoms. The molecule has 4 nitrogen and oxygen atoms in total. The Balaban J connectivity index is 2.01. The number of likely N-dealkylation sites (N-methyl/N-ethyl adjacent to an activating group) is 1. The molecule has 2 amide bonds. The molecule has 0 radical (unpaired) electrons. The number of hydrogen-bond acceptors (Lipinski definition) is 2. The third-order valence-electron chi connectivity index (χ3n) is 3.75. The molecule has 1 aromatic rings. The maximum atomic E-state index is 13.6. The average molecular weight is 290 g/mol. The van der Waals surface area contributed by atoms with Crippen LogP contribution in [0.1, 0.15) is 30.5 Å². The minimum Gasteiger partial charge on any atom is -0.348 e. The van der Waals surface area contributed by atoms with E-state index in [9.17, 15) is 14.0 Å². The molecular formula is C16H19FN2O2. The molecule has 21 heavy (non-hydrogen) atoms. The number of amides is 2. The van der Waals surface area contributed by atoms with Crippen LogP contribution in [0.15, 0.2) is 30.9 Å². The molecule has 0 heterocycles. The van der Waals surface area contributed by atoms with Crippen LogP contribution in [0.3, 0.4) is 0 Å². The van der Waals surface area contributed by atoms with E-state index in [0.29, 0.717) is 24.9 Å². The van der Waals surface area contributed by atoms with E-state index < -0.39 is 0 Å². The average Bonchev–Trinajstić information content (AvgIpc) is 2.88. The molecule has 1 aliphatic rings. The van der Waals surface area contributed by atoms with Crippen molar-refractivity contribution in [3.63, 3.8) is 0 Å². The molecule has 0 aliphatic heterocycles. The van der Waals surface area contributed by atoms with Crippen molar-refractivity contribution in [2.24, 2.45) is 0 Å². The van der Waals surface area contributed by atoms with Crippen molar-refractivity contribution in [1.82, 2.24) is 10.2 Å². The van der Waals surface area contributed by atoms with E-state index in [4.69, 9.17) is 0 Å². The van der Waals surface area contributed by atoms with Crippen molar-refractivity contribution < 1.29 is 14.0 Å². The summed E-state index contributed by atoms with van der Waals surface area (Å²) in [6, 6.07) is 4.74. The van der Waals surface area contributed by atoms with Crippen molar-refractivity contribution >= 4 is 11.8 Å². The van der Waals surface area contributed by atoms with Gasteiger partial charge >= 0.3 is 0 Å². The van der Waals surface area contributed by atoms with Gasteiger partial charge in [0.1, 0.15) is 5.82 Å². The lowest BCUT2D eigenvalue weighted by atomic mass is 10.1. The number of carbonyl (C=O) groups excluding carboxylic acids is 2. The second-order valence-corrected chi connectivity index (χ2v) is 5.02. The van der Waals surface area contributed by atoms with Crippen molar-refractivity contribution in [3.05, 3.63) is 47.8 Å². The predicted octanol–water partition coefficient (Wildman–Crippen LogP) is 1.96. The fourth-order valence-electron chi connectivity index (χ4n) is 2.65. The second kappa shape index (κ2) is 6.52. The molecule has 0 fully saturated rings. The molecule has 1 aliphatic carbocycles. The summed E-state index contributed by atoms with van der Waals surface area (Å²) in [6.07, 6.45) is 2.50. The molecule has 0 saturated carbocycles. The highest BCUT2D eigenvalue weighted by atomic mass is 19.1. The highest BCUT2D eigenvalue weighted by Crippen LogP contribution is 2.32. The Kier molecular flexibility index (Phi) is 4.73. The Labute approximate surface area is 123 Å². The van der Waals surface area contributed by atoms with E-state index in [1.807, 2.05) is 6.07 Å². The van der Waals surface area contributed by atoms with Gasteiger partial charge in [0, 0.05) is 6.54 Å². The molecule has 0 bridgehead atoms. The largest absolute Gasteiger partial charge is 0.348 e. The SMILES string of the molecule is C=CC(=O)N(CC)CC(=O)NC1CCc2c(F)cccc21. The van der Waals surface area contributed by atoms with Gasteiger partial charge in [0.15, 0.2) is 0 Å². The number of benzene rings is 1. The molecule has 1 unspecified atom stereocenters. The Morgan fingerprint density at radius 2 is 2.29 bits per heavy atom. The number of hydrogen-bond donors (Lipinski definition) is 1. The summed E-state index contributed by atoms with van der Waals surface area (Å²) in [4.78, 5) is 25.0. The molecule has 0 aromatic heterocycles. The predicted molar refractivity (Wildman–Crippen MR) is 78.1 cm³/mol. The van der Waals surface area contributed by atoms with Crippen molar-refractivity contribution in [3.8, 4) is 0 Å². The Hall–Kier alpha value is -2.17.